The second-order valence-electron chi connectivity index (χ2n) is 4.00. The molecule has 0 unspecified atom stereocenters. The lowest BCUT2D eigenvalue weighted by Crippen LogP contribution is -2.24. The van der Waals surface area contributed by atoms with E-state index in [1.165, 1.54) is 6.07 Å². The molecule has 7 nitrogen and oxygen atoms in total. The molecule has 7 heteroatoms. The van der Waals surface area contributed by atoms with Crippen molar-refractivity contribution in [3.8, 4) is 0 Å². The minimum Gasteiger partial charge on any atom is -0.410 e. The van der Waals surface area contributed by atoms with E-state index in [9.17, 15) is 4.79 Å². The van der Waals surface area contributed by atoms with Crippen LogP contribution in [0.5, 0.6) is 0 Å². The topological polar surface area (TPSA) is 111 Å². The van der Waals surface area contributed by atoms with Gasteiger partial charge in [-0.05, 0) is 6.92 Å². The first-order valence-corrected chi connectivity index (χ1v) is 5.74. The number of nitrogens with one attached hydrogen (secondary N) is 1. The van der Waals surface area contributed by atoms with Crippen molar-refractivity contribution in [2.45, 2.75) is 6.92 Å². The molecule has 1 heterocycles. The Morgan fingerprint density at radius 1 is 1.15 bits per heavy atom. The number of aromatic amines is 1. The second-order valence-corrected chi connectivity index (χ2v) is 4.00. The molecule has 0 bridgehead atoms. The number of H-pyrrole nitrogens is 1. The molecule has 102 valence electrons. The van der Waals surface area contributed by atoms with Gasteiger partial charge in [-0.25, -0.2) is 4.98 Å². The quantitative estimate of drug-likeness (QED) is 0.442. The molecule has 0 fully saturated rings. The highest BCUT2D eigenvalue weighted by Gasteiger charge is 2.18. The minimum absolute atomic E-state index is 0.00171. The maximum Gasteiger partial charge on any atom is 0.251 e. The van der Waals surface area contributed by atoms with E-state index in [0.717, 1.165) is 0 Å². The first-order chi connectivity index (χ1) is 9.65. The van der Waals surface area contributed by atoms with Gasteiger partial charge < -0.3 is 15.4 Å². The predicted octanol–water partition coefficient (Wildman–Crippen LogP) is 1.14. The van der Waals surface area contributed by atoms with Gasteiger partial charge in [-0.2, -0.15) is 0 Å². The highest BCUT2D eigenvalue weighted by Crippen LogP contribution is 2.06. The highest BCUT2D eigenvalue weighted by molar-refractivity contribution is 6.52. The van der Waals surface area contributed by atoms with Crippen molar-refractivity contribution in [3.05, 3.63) is 63.8 Å². The molecule has 0 radical (unpaired) electrons. The molecule has 0 spiro atoms. The number of hydrogen-bond donors (Lipinski definition) is 3. The van der Waals surface area contributed by atoms with Crippen LogP contribution in [0, 0.1) is 6.92 Å². The van der Waals surface area contributed by atoms with Gasteiger partial charge in [-0.1, -0.05) is 40.6 Å². The number of nitrogens with zero attached hydrogens (tertiary/aromatic N) is 3. The Hall–Kier alpha value is -2.96. The molecule has 0 saturated heterocycles. The number of rotatable bonds is 3. The molecule has 2 aromatic rings. The molecule has 0 amide bonds. The molecular formula is C13H12N4O3. The summed E-state index contributed by atoms with van der Waals surface area (Å²) in [7, 11) is 0. The molecule has 20 heavy (non-hydrogen) atoms. The van der Waals surface area contributed by atoms with Gasteiger partial charge in [0.25, 0.3) is 5.56 Å². The zero-order valence-electron chi connectivity index (χ0n) is 10.6. The molecule has 1 aromatic heterocycles. The van der Waals surface area contributed by atoms with Crippen LogP contribution in [0.3, 0.4) is 0 Å². The summed E-state index contributed by atoms with van der Waals surface area (Å²) in [4.78, 5) is 17.9. The number of aromatic nitrogens is 2. The van der Waals surface area contributed by atoms with E-state index in [1.807, 2.05) is 0 Å². The standard InChI is InChI=1S/C13H12N4O3/c1-8-7-10(18)15-13(14-8)12(17-20)11(16-19)9-5-3-2-4-6-9/h2-7,19-20H,1H3,(H,14,15,18). The number of oxime groups is 2. The summed E-state index contributed by atoms with van der Waals surface area (Å²) in [6.45, 7) is 1.63. The lowest BCUT2D eigenvalue weighted by atomic mass is 10.1. The molecule has 2 rings (SSSR count). The Balaban J connectivity index is 2.55. The van der Waals surface area contributed by atoms with Crippen LogP contribution in [-0.2, 0) is 0 Å². The fourth-order valence-electron chi connectivity index (χ4n) is 1.74. The molecule has 0 aliphatic heterocycles. The average molecular weight is 272 g/mol. The number of hydrogen-bond acceptors (Lipinski definition) is 6. The van der Waals surface area contributed by atoms with Crippen LogP contribution in [0.1, 0.15) is 17.1 Å². The van der Waals surface area contributed by atoms with E-state index < -0.39 is 0 Å². The Bertz CT molecular complexity index is 720. The van der Waals surface area contributed by atoms with E-state index in [0.29, 0.717) is 11.3 Å². The van der Waals surface area contributed by atoms with Crippen LogP contribution in [0.15, 0.2) is 51.5 Å². The maximum absolute atomic E-state index is 11.4. The van der Waals surface area contributed by atoms with Crippen LogP contribution < -0.4 is 5.56 Å². The van der Waals surface area contributed by atoms with E-state index in [4.69, 9.17) is 10.4 Å². The maximum atomic E-state index is 11.4. The molecule has 1 aromatic carbocycles. The van der Waals surface area contributed by atoms with Gasteiger partial charge in [-0.3, -0.25) is 4.79 Å². The minimum atomic E-state index is -0.390. The van der Waals surface area contributed by atoms with E-state index >= 15 is 0 Å². The fourth-order valence-corrected chi connectivity index (χ4v) is 1.74. The predicted molar refractivity (Wildman–Crippen MR) is 72.7 cm³/mol. The van der Waals surface area contributed by atoms with E-state index in [2.05, 4.69) is 20.3 Å². The van der Waals surface area contributed by atoms with Gasteiger partial charge in [0, 0.05) is 17.3 Å². The zero-order chi connectivity index (χ0) is 14.5. The van der Waals surface area contributed by atoms with Gasteiger partial charge in [0.1, 0.15) is 5.71 Å². The summed E-state index contributed by atoms with van der Waals surface area (Å²) in [5.74, 6) is 0.0224. The highest BCUT2D eigenvalue weighted by atomic mass is 16.4. The smallest absolute Gasteiger partial charge is 0.251 e. The number of benzene rings is 1. The van der Waals surface area contributed by atoms with Crippen LogP contribution >= 0.6 is 0 Å². The van der Waals surface area contributed by atoms with Crippen LogP contribution in [-0.4, -0.2) is 31.8 Å². The van der Waals surface area contributed by atoms with Crippen molar-refractivity contribution in [2.24, 2.45) is 10.3 Å². The second kappa shape index (κ2) is 5.79. The van der Waals surface area contributed by atoms with E-state index in [1.54, 1.807) is 37.3 Å². The zero-order valence-corrected chi connectivity index (χ0v) is 10.6. The molecule has 3 N–H and O–H groups in total. The molecule has 0 aliphatic rings. The number of aryl methyl sites for hydroxylation is 1. The monoisotopic (exact) mass is 272 g/mol. The summed E-state index contributed by atoms with van der Waals surface area (Å²) in [6, 6.07) is 9.92. The molecule has 0 atom stereocenters. The summed E-state index contributed by atoms with van der Waals surface area (Å²) in [5, 5.41) is 24.5. The third-order valence-electron chi connectivity index (χ3n) is 2.57. The van der Waals surface area contributed by atoms with Crippen molar-refractivity contribution in [2.75, 3.05) is 0 Å². The first kappa shape index (κ1) is 13.5. The average Bonchev–Trinajstić information content (AvgIpc) is 2.44. The fraction of sp³-hybridized carbons (Fsp3) is 0.0769. The summed E-state index contributed by atoms with van der Waals surface area (Å²) in [6.07, 6.45) is 0. The molecular weight excluding hydrogens is 260 g/mol. The van der Waals surface area contributed by atoms with Crippen molar-refractivity contribution in [1.29, 1.82) is 0 Å². The lowest BCUT2D eigenvalue weighted by molar-refractivity contribution is 0.314. The van der Waals surface area contributed by atoms with E-state index in [-0.39, 0.29) is 22.8 Å². The first-order valence-electron chi connectivity index (χ1n) is 5.74. The SMILES string of the molecule is Cc1cc(=O)[nH]c(C(=NO)C(=NO)c2ccccc2)n1. The van der Waals surface area contributed by atoms with Crippen molar-refractivity contribution >= 4 is 11.4 Å². The van der Waals surface area contributed by atoms with Crippen LogP contribution in [0.2, 0.25) is 0 Å². The van der Waals surface area contributed by atoms with Gasteiger partial charge in [0.05, 0.1) is 0 Å². The normalized spacial score (nSPS) is 12.4. The Morgan fingerprint density at radius 3 is 2.35 bits per heavy atom. The Labute approximate surface area is 113 Å². The summed E-state index contributed by atoms with van der Waals surface area (Å²) in [5.41, 5.74) is 0.461. The molecule has 0 saturated carbocycles. The third kappa shape index (κ3) is 2.72. The summed E-state index contributed by atoms with van der Waals surface area (Å²) >= 11 is 0. The lowest BCUT2D eigenvalue weighted by Gasteiger charge is -2.06. The summed E-state index contributed by atoms with van der Waals surface area (Å²) < 4.78 is 0. The Morgan fingerprint density at radius 2 is 1.80 bits per heavy atom. The third-order valence-corrected chi connectivity index (χ3v) is 2.57. The van der Waals surface area contributed by atoms with Crippen molar-refractivity contribution < 1.29 is 10.4 Å². The Kier molecular flexibility index (Phi) is 3.90. The largest absolute Gasteiger partial charge is 0.410 e. The van der Waals surface area contributed by atoms with Gasteiger partial charge in [0.15, 0.2) is 11.5 Å². The van der Waals surface area contributed by atoms with Crippen molar-refractivity contribution in [1.82, 2.24) is 9.97 Å². The van der Waals surface area contributed by atoms with Crippen LogP contribution in [0.4, 0.5) is 0 Å². The van der Waals surface area contributed by atoms with Gasteiger partial charge in [-0.15, -0.1) is 0 Å². The van der Waals surface area contributed by atoms with Crippen molar-refractivity contribution in [3.63, 3.8) is 0 Å². The molecule has 0 aliphatic carbocycles. The van der Waals surface area contributed by atoms with Crippen LogP contribution in [0.25, 0.3) is 0 Å². The van der Waals surface area contributed by atoms with Gasteiger partial charge >= 0.3 is 0 Å². The van der Waals surface area contributed by atoms with Gasteiger partial charge in [0.2, 0.25) is 0 Å².